The molecule has 0 bridgehead atoms. The van der Waals surface area contributed by atoms with Crippen molar-refractivity contribution in [3.8, 4) is 0 Å². The van der Waals surface area contributed by atoms with Gasteiger partial charge in [0.15, 0.2) is 0 Å². The number of benzene rings is 3. The molecule has 5 heteroatoms. The minimum absolute atomic E-state index is 0.0141. The van der Waals surface area contributed by atoms with Crippen LogP contribution in [0.25, 0.3) is 0 Å². The smallest absolute Gasteiger partial charge is 0.250 e. The van der Waals surface area contributed by atoms with Gasteiger partial charge in [-0.3, -0.25) is 9.63 Å². The molecule has 0 unspecified atom stereocenters. The first-order chi connectivity index (χ1) is 13.7. The van der Waals surface area contributed by atoms with Gasteiger partial charge < -0.3 is 5.32 Å². The van der Waals surface area contributed by atoms with Crippen LogP contribution in [0.1, 0.15) is 17.0 Å². The second kappa shape index (κ2) is 7.22. The molecule has 3 aromatic rings. The molecule has 1 heterocycles. The summed E-state index contributed by atoms with van der Waals surface area (Å²) in [5.74, 6) is -0.0329. The van der Waals surface area contributed by atoms with Gasteiger partial charge in [-0.15, -0.1) is 0 Å². The van der Waals surface area contributed by atoms with Gasteiger partial charge in [0.2, 0.25) is 5.91 Å². The molecule has 3 aromatic carbocycles. The predicted molar refractivity (Wildman–Crippen MR) is 118 cm³/mol. The molecule has 28 heavy (non-hydrogen) atoms. The van der Waals surface area contributed by atoms with Crippen molar-refractivity contribution in [2.75, 3.05) is 10.4 Å². The summed E-state index contributed by atoms with van der Waals surface area (Å²) < 4.78 is 1.13. The monoisotopic (exact) mass is 482 g/mol. The lowest BCUT2D eigenvalue weighted by Gasteiger charge is -2.27. The van der Waals surface area contributed by atoms with Crippen LogP contribution in [0, 0.1) is 3.57 Å². The summed E-state index contributed by atoms with van der Waals surface area (Å²) in [5, 5.41) is 4.89. The molecular weight excluding hydrogens is 463 g/mol. The van der Waals surface area contributed by atoms with Gasteiger partial charge in [0.1, 0.15) is 6.04 Å². The molecule has 2 aliphatic rings. The van der Waals surface area contributed by atoms with Crippen LogP contribution in [-0.4, -0.2) is 18.1 Å². The Morgan fingerprint density at radius 2 is 1.68 bits per heavy atom. The van der Waals surface area contributed by atoms with E-state index in [0.29, 0.717) is 0 Å². The van der Waals surface area contributed by atoms with Crippen LogP contribution in [0.4, 0.5) is 11.4 Å². The zero-order valence-electron chi connectivity index (χ0n) is 15.1. The van der Waals surface area contributed by atoms with E-state index in [-0.39, 0.29) is 17.9 Å². The Morgan fingerprint density at radius 1 is 0.964 bits per heavy atom. The Kier molecular flexibility index (Phi) is 4.56. The molecule has 140 valence electrons. The van der Waals surface area contributed by atoms with Crippen LogP contribution in [0.2, 0.25) is 0 Å². The topological polar surface area (TPSA) is 41.6 Å². The maximum absolute atomic E-state index is 13.4. The van der Waals surface area contributed by atoms with E-state index in [1.807, 2.05) is 60.7 Å². The normalized spacial score (nSPS) is 22.6. The summed E-state index contributed by atoms with van der Waals surface area (Å²) in [7, 11) is 0. The average molecular weight is 482 g/mol. The van der Waals surface area contributed by atoms with Gasteiger partial charge in [0, 0.05) is 21.6 Å². The van der Waals surface area contributed by atoms with Gasteiger partial charge in [-0.1, -0.05) is 42.5 Å². The molecule has 4 nitrogen and oxygen atoms in total. The third-order valence-corrected chi connectivity index (χ3v) is 6.19. The summed E-state index contributed by atoms with van der Waals surface area (Å²) in [6, 6.07) is 25.7. The molecule has 3 atom stereocenters. The van der Waals surface area contributed by atoms with E-state index in [0.717, 1.165) is 21.4 Å². The van der Waals surface area contributed by atoms with Crippen molar-refractivity contribution >= 4 is 39.9 Å². The molecule has 0 spiro atoms. The zero-order valence-corrected chi connectivity index (χ0v) is 17.2. The van der Waals surface area contributed by atoms with Crippen LogP contribution >= 0.6 is 22.6 Å². The molecule has 1 N–H and O–H groups in total. The van der Waals surface area contributed by atoms with E-state index in [9.17, 15) is 4.79 Å². The van der Waals surface area contributed by atoms with Crippen molar-refractivity contribution in [1.29, 1.82) is 0 Å². The Morgan fingerprint density at radius 3 is 2.46 bits per heavy atom. The molecule has 5 rings (SSSR count). The molecule has 0 radical (unpaired) electrons. The van der Waals surface area contributed by atoms with Gasteiger partial charge in [0.25, 0.3) is 0 Å². The van der Waals surface area contributed by atoms with E-state index in [1.54, 1.807) is 5.06 Å². The number of hydroxylamine groups is 1. The number of para-hydroxylation sites is 1. The maximum atomic E-state index is 13.4. The number of hydrogen-bond donors (Lipinski definition) is 1. The first-order valence-electron chi connectivity index (χ1n) is 9.36. The molecule has 1 aliphatic carbocycles. The van der Waals surface area contributed by atoms with E-state index in [4.69, 9.17) is 4.84 Å². The highest BCUT2D eigenvalue weighted by atomic mass is 127. The van der Waals surface area contributed by atoms with Crippen molar-refractivity contribution in [1.82, 2.24) is 0 Å². The SMILES string of the molecule is O=C(Nc1ccc(I)cc1)[C@H]1[C@H]2c3ccccc3C[C@@H]2ON1c1ccccc1. The second-order valence-electron chi connectivity index (χ2n) is 7.17. The van der Waals surface area contributed by atoms with E-state index in [2.05, 4.69) is 46.1 Å². The van der Waals surface area contributed by atoms with Crippen molar-refractivity contribution in [2.24, 2.45) is 0 Å². The van der Waals surface area contributed by atoms with Crippen LogP contribution < -0.4 is 10.4 Å². The summed E-state index contributed by atoms with van der Waals surface area (Å²) in [6.45, 7) is 0. The first-order valence-corrected chi connectivity index (χ1v) is 10.4. The summed E-state index contributed by atoms with van der Waals surface area (Å²) >= 11 is 2.26. The van der Waals surface area contributed by atoms with Crippen LogP contribution in [0.15, 0.2) is 78.9 Å². The van der Waals surface area contributed by atoms with Crippen LogP contribution in [0.3, 0.4) is 0 Å². The highest BCUT2D eigenvalue weighted by molar-refractivity contribution is 14.1. The van der Waals surface area contributed by atoms with Crippen molar-refractivity contribution in [2.45, 2.75) is 24.5 Å². The quantitative estimate of drug-likeness (QED) is 0.548. The molecule has 0 aromatic heterocycles. The Hall–Kier alpha value is -2.38. The van der Waals surface area contributed by atoms with Crippen LogP contribution in [0.5, 0.6) is 0 Å². The Balaban J connectivity index is 1.51. The maximum Gasteiger partial charge on any atom is 0.250 e. The lowest BCUT2D eigenvalue weighted by molar-refractivity contribution is -0.118. The molecular formula is C23H19IN2O2. The largest absolute Gasteiger partial charge is 0.324 e. The number of halogens is 1. The van der Waals surface area contributed by atoms with E-state index >= 15 is 0 Å². The lowest BCUT2D eigenvalue weighted by Crippen LogP contribution is -2.42. The summed E-state index contributed by atoms with van der Waals surface area (Å²) in [4.78, 5) is 19.7. The molecule has 0 saturated carbocycles. The average Bonchev–Trinajstić information content (AvgIpc) is 3.26. The Labute approximate surface area is 177 Å². The van der Waals surface area contributed by atoms with Crippen LogP contribution in [-0.2, 0) is 16.1 Å². The number of rotatable bonds is 3. The van der Waals surface area contributed by atoms with Gasteiger partial charge in [-0.2, -0.15) is 0 Å². The fourth-order valence-electron chi connectivity index (χ4n) is 4.24. The number of fused-ring (bicyclic) bond motifs is 3. The zero-order chi connectivity index (χ0) is 19.1. The summed E-state index contributed by atoms with van der Waals surface area (Å²) in [6.07, 6.45) is 0.808. The van der Waals surface area contributed by atoms with Crippen molar-refractivity contribution in [3.63, 3.8) is 0 Å². The number of carbonyl (C=O) groups excluding carboxylic acids is 1. The predicted octanol–water partition coefficient (Wildman–Crippen LogP) is 4.76. The Bertz CT molecular complexity index is 1010. The standard InChI is InChI=1S/C23H19IN2O2/c24-16-10-12-17(13-11-16)25-23(27)22-21-19-9-5-4-6-15(19)14-20(21)28-26(22)18-7-2-1-3-8-18/h1-13,20-22H,14H2,(H,25,27)/t20-,21-,22+/m0/s1. The minimum Gasteiger partial charge on any atom is -0.324 e. The summed E-state index contributed by atoms with van der Waals surface area (Å²) in [5.41, 5.74) is 4.19. The van der Waals surface area contributed by atoms with Gasteiger partial charge in [-0.25, -0.2) is 5.06 Å². The fourth-order valence-corrected chi connectivity index (χ4v) is 4.60. The number of carbonyl (C=O) groups is 1. The van der Waals surface area contributed by atoms with Crippen molar-refractivity contribution in [3.05, 3.63) is 93.6 Å². The molecule has 1 saturated heterocycles. The highest BCUT2D eigenvalue weighted by Gasteiger charge is 2.52. The third-order valence-electron chi connectivity index (χ3n) is 5.47. The second-order valence-corrected chi connectivity index (χ2v) is 8.42. The molecule has 1 aliphatic heterocycles. The highest BCUT2D eigenvalue weighted by Crippen LogP contribution is 2.46. The van der Waals surface area contributed by atoms with Gasteiger partial charge in [-0.05, 0) is 70.1 Å². The fraction of sp³-hybridized carbons (Fsp3) is 0.174. The molecule has 1 amide bonds. The van der Waals surface area contributed by atoms with Gasteiger partial charge >= 0.3 is 0 Å². The number of nitrogens with zero attached hydrogens (tertiary/aromatic N) is 1. The van der Waals surface area contributed by atoms with E-state index < -0.39 is 6.04 Å². The van der Waals surface area contributed by atoms with E-state index in [1.165, 1.54) is 11.1 Å². The molecule has 1 fully saturated rings. The van der Waals surface area contributed by atoms with Crippen molar-refractivity contribution < 1.29 is 9.63 Å². The number of amides is 1. The third kappa shape index (κ3) is 3.08. The lowest BCUT2D eigenvalue weighted by atomic mass is 9.91. The number of anilines is 2. The van der Waals surface area contributed by atoms with Gasteiger partial charge in [0.05, 0.1) is 11.8 Å². The number of hydrogen-bond acceptors (Lipinski definition) is 3. The first kappa shape index (κ1) is 17.7. The number of nitrogens with one attached hydrogen (secondary N) is 1. The minimum atomic E-state index is -0.421.